The molecule has 2 aromatic heterocycles. The monoisotopic (exact) mass is 309 g/mol. The minimum atomic E-state index is -0.543. The van der Waals surface area contributed by atoms with Gasteiger partial charge in [0.05, 0.1) is 6.10 Å². The molecule has 1 unspecified atom stereocenters. The van der Waals surface area contributed by atoms with Gasteiger partial charge >= 0.3 is 5.69 Å². The topological polar surface area (TPSA) is 94.1 Å². The van der Waals surface area contributed by atoms with Gasteiger partial charge in [0.15, 0.2) is 11.2 Å². The lowest BCUT2D eigenvalue weighted by Gasteiger charge is -2.13. The van der Waals surface area contributed by atoms with Gasteiger partial charge in [-0.15, -0.1) is 0 Å². The minimum absolute atomic E-state index is 0.298. The number of fused-ring (bicyclic) bond motifs is 1. The van der Waals surface area contributed by atoms with Gasteiger partial charge in [-0.25, -0.2) is 4.79 Å². The van der Waals surface area contributed by atoms with Crippen LogP contribution in [-0.2, 0) is 20.6 Å². The number of aromatic nitrogens is 4. The molecule has 2 aromatic rings. The lowest BCUT2D eigenvalue weighted by atomic mass is 10.2. The maximum absolute atomic E-state index is 12.5. The van der Waals surface area contributed by atoms with Crippen LogP contribution in [0.25, 0.3) is 11.2 Å². The number of nitrogens with zero attached hydrogens (tertiary/aromatic N) is 4. The summed E-state index contributed by atoms with van der Waals surface area (Å²) in [5, 5.41) is 12.5. The lowest BCUT2D eigenvalue weighted by Crippen LogP contribution is -2.37. The maximum Gasteiger partial charge on any atom is 0.332 e. The average molecular weight is 309 g/mol. The van der Waals surface area contributed by atoms with E-state index in [-0.39, 0.29) is 5.56 Å². The van der Waals surface area contributed by atoms with Crippen LogP contribution in [0, 0.1) is 5.92 Å². The molecule has 2 rings (SSSR count). The summed E-state index contributed by atoms with van der Waals surface area (Å²) in [5.74, 6) is 0.786. The molecule has 0 spiro atoms. The van der Waals surface area contributed by atoms with Crippen molar-refractivity contribution in [2.75, 3.05) is 11.9 Å². The smallest absolute Gasteiger partial charge is 0.332 e. The third-order valence-electron chi connectivity index (χ3n) is 3.45. The van der Waals surface area contributed by atoms with Crippen LogP contribution in [0.5, 0.6) is 0 Å². The number of hydrogen-bond acceptors (Lipinski definition) is 5. The van der Waals surface area contributed by atoms with E-state index in [9.17, 15) is 14.7 Å². The molecular formula is C14H23N5O3. The van der Waals surface area contributed by atoms with Crippen LogP contribution in [-0.4, -0.2) is 36.4 Å². The van der Waals surface area contributed by atoms with Gasteiger partial charge in [0.25, 0.3) is 5.56 Å². The van der Waals surface area contributed by atoms with Gasteiger partial charge < -0.3 is 15.0 Å². The number of hydrogen-bond donors (Lipinski definition) is 2. The van der Waals surface area contributed by atoms with Gasteiger partial charge in [-0.3, -0.25) is 13.9 Å². The molecule has 0 bridgehead atoms. The zero-order chi connectivity index (χ0) is 16.6. The summed E-state index contributed by atoms with van der Waals surface area (Å²) in [6, 6.07) is 0. The van der Waals surface area contributed by atoms with Crippen molar-refractivity contribution in [2.45, 2.75) is 33.4 Å². The van der Waals surface area contributed by atoms with Crippen LogP contribution in [0.2, 0.25) is 0 Å². The molecule has 0 amide bonds. The third-order valence-corrected chi connectivity index (χ3v) is 3.45. The van der Waals surface area contributed by atoms with Crippen molar-refractivity contribution in [1.82, 2.24) is 18.7 Å². The van der Waals surface area contributed by atoms with Gasteiger partial charge in [0.1, 0.15) is 0 Å². The van der Waals surface area contributed by atoms with E-state index in [0.717, 1.165) is 4.57 Å². The second-order valence-electron chi connectivity index (χ2n) is 6.05. The van der Waals surface area contributed by atoms with E-state index in [1.165, 1.54) is 11.6 Å². The summed E-state index contributed by atoms with van der Waals surface area (Å²) in [4.78, 5) is 28.9. The first-order valence-electron chi connectivity index (χ1n) is 7.32. The van der Waals surface area contributed by atoms with Gasteiger partial charge in [-0.1, -0.05) is 13.8 Å². The molecule has 0 fully saturated rings. The first-order chi connectivity index (χ1) is 10.2. The van der Waals surface area contributed by atoms with Crippen LogP contribution in [0.1, 0.15) is 20.8 Å². The molecule has 1 atom stereocenters. The second kappa shape index (κ2) is 5.96. The second-order valence-corrected chi connectivity index (χ2v) is 6.05. The van der Waals surface area contributed by atoms with Gasteiger partial charge in [0, 0.05) is 27.2 Å². The molecule has 0 aliphatic rings. The highest BCUT2D eigenvalue weighted by Crippen LogP contribution is 2.17. The lowest BCUT2D eigenvalue weighted by molar-refractivity contribution is 0.208. The van der Waals surface area contributed by atoms with Crippen LogP contribution >= 0.6 is 0 Å². The molecule has 0 saturated heterocycles. The predicted molar refractivity (Wildman–Crippen MR) is 85.2 cm³/mol. The first-order valence-corrected chi connectivity index (χ1v) is 7.32. The Kier molecular flexibility index (Phi) is 4.41. The number of aryl methyl sites for hydroxylation is 1. The Hall–Kier alpha value is -2.09. The standard InChI is InChI=1S/C14H23N5O3/c1-8(2)7-19-10-11(16-13(19)15-6-9(3)20)17(4)14(22)18(5)12(10)21/h8-9,20H,6-7H2,1-5H3,(H,15,16). The van der Waals surface area contributed by atoms with Crippen molar-refractivity contribution in [2.24, 2.45) is 20.0 Å². The normalized spacial score (nSPS) is 13.0. The average Bonchev–Trinajstić information content (AvgIpc) is 2.78. The zero-order valence-electron chi connectivity index (χ0n) is 13.6. The molecule has 22 heavy (non-hydrogen) atoms. The van der Waals surface area contributed by atoms with Crippen molar-refractivity contribution < 1.29 is 5.11 Å². The van der Waals surface area contributed by atoms with Gasteiger partial charge in [-0.2, -0.15) is 4.98 Å². The number of anilines is 1. The predicted octanol–water partition coefficient (Wildman–Crippen LogP) is -0.118. The SMILES string of the molecule is CC(C)Cn1c(NCC(C)O)nc2c1c(=O)n(C)c(=O)n2C. The molecule has 2 N–H and O–H groups in total. The highest BCUT2D eigenvalue weighted by atomic mass is 16.3. The summed E-state index contributed by atoms with van der Waals surface area (Å²) in [5.41, 5.74) is -0.0293. The summed E-state index contributed by atoms with van der Waals surface area (Å²) in [7, 11) is 3.05. The van der Waals surface area contributed by atoms with Crippen molar-refractivity contribution in [3.8, 4) is 0 Å². The molecule has 0 radical (unpaired) electrons. The first kappa shape index (κ1) is 16.3. The van der Waals surface area contributed by atoms with Crippen LogP contribution < -0.4 is 16.6 Å². The van der Waals surface area contributed by atoms with E-state index in [1.807, 2.05) is 13.8 Å². The summed E-state index contributed by atoms with van der Waals surface area (Å²) in [6.07, 6.45) is -0.543. The number of rotatable bonds is 5. The van der Waals surface area contributed by atoms with Crippen LogP contribution in [0.3, 0.4) is 0 Å². The molecule has 8 nitrogen and oxygen atoms in total. The molecular weight excluding hydrogens is 286 g/mol. The fourth-order valence-electron chi connectivity index (χ4n) is 2.36. The van der Waals surface area contributed by atoms with E-state index in [1.54, 1.807) is 18.5 Å². The van der Waals surface area contributed by atoms with Crippen LogP contribution in [0.15, 0.2) is 9.59 Å². The number of aliphatic hydroxyl groups excluding tert-OH is 1. The summed E-state index contributed by atoms with van der Waals surface area (Å²) >= 11 is 0. The number of aliphatic hydroxyl groups is 1. The Morgan fingerprint density at radius 3 is 2.36 bits per heavy atom. The van der Waals surface area contributed by atoms with Crippen molar-refractivity contribution in [1.29, 1.82) is 0 Å². The van der Waals surface area contributed by atoms with Gasteiger partial charge in [0.2, 0.25) is 5.95 Å². The Morgan fingerprint density at radius 1 is 1.18 bits per heavy atom. The summed E-state index contributed by atoms with van der Waals surface area (Å²) < 4.78 is 4.23. The van der Waals surface area contributed by atoms with Crippen molar-refractivity contribution in [3.63, 3.8) is 0 Å². The molecule has 0 saturated carbocycles. The number of nitrogens with one attached hydrogen (secondary N) is 1. The highest BCUT2D eigenvalue weighted by molar-refractivity contribution is 5.74. The zero-order valence-corrected chi connectivity index (χ0v) is 13.6. The third kappa shape index (κ3) is 2.78. The molecule has 122 valence electrons. The minimum Gasteiger partial charge on any atom is -0.392 e. The fraction of sp³-hybridized carbons (Fsp3) is 0.643. The van der Waals surface area contributed by atoms with E-state index in [0.29, 0.717) is 36.1 Å². The summed E-state index contributed by atoms with van der Waals surface area (Å²) in [6.45, 7) is 6.65. The largest absolute Gasteiger partial charge is 0.392 e. The highest BCUT2D eigenvalue weighted by Gasteiger charge is 2.19. The molecule has 0 aromatic carbocycles. The Morgan fingerprint density at radius 2 is 1.82 bits per heavy atom. The Balaban J connectivity index is 2.75. The molecule has 0 aliphatic heterocycles. The van der Waals surface area contributed by atoms with E-state index >= 15 is 0 Å². The quantitative estimate of drug-likeness (QED) is 0.803. The molecule has 8 heteroatoms. The van der Waals surface area contributed by atoms with Crippen molar-refractivity contribution >= 4 is 17.1 Å². The molecule has 2 heterocycles. The van der Waals surface area contributed by atoms with E-state index < -0.39 is 11.8 Å². The van der Waals surface area contributed by atoms with Crippen LogP contribution in [0.4, 0.5) is 5.95 Å². The number of imidazole rings is 1. The maximum atomic E-state index is 12.5. The van der Waals surface area contributed by atoms with E-state index in [4.69, 9.17) is 0 Å². The molecule has 0 aliphatic carbocycles. The Labute approximate surface area is 128 Å². The van der Waals surface area contributed by atoms with Crippen molar-refractivity contribution in [3.05, 3.63) is 20.8 Å². The van der Waals surface area contributed by atoms with E-state index in [2.05, 4.69) is 10.3 Å². The van der Waals surface area contributed by atoms with Gasteiger partial charge in [-0.05, 0) is 12.8 Å². The Bertz CT molecular complexity index is 797. The fourth-order valence-corrected chi connectivity index (χ4v) is 2.36.